The summed E-state index contributed by atoms with van der Waals surface area (Å²) in [6.07, 6.45) is 3.53. The van der Waals surface area contributed by atoms with Crippen LogP contribution in [0.25, 0.3) is 0 Å². The van der Waals surface area contributed by atoms with Crippen molar-refractivity contribution in [2.75, 3.05) is 31.1 Å². The molecule has 162 valence electrons. The minimum atomic E-state index is -0.711. The second-order valence-corrected chi connectivity index (χ2v) is 9.21. The average molecular weight is 422 g/mol. The van der Waals surface area contributed by atoms with Gasteiger partial charge in [0.25, 0.3) is 0 Å². The predicted molar refractivity (Wildman–Crippen MR) is 131 cm³/mol. The highest BCUT2D eigenvalue weighted by molar-refractivity contribution is 5.62. The highest BCUT2D eigenvalue weighted by Crippen LogP contribution is 2.50. The molecule has 5 rings (SSSR count). The summed E-state index contributed by atoms with van der Waals surface area (Å²) in [5, 5.41) is 14.4. The fourth-order valence-electron chi connectivity index (χ4n) is 5.84. The Balaban J connectivity index is 1.59. The zero-order valence-corrected chi connectivity index (χ0v) is 18.6. The molecule has 0 amide bonds. The zero-order valence-electron chi connectivity index (χ0n) is 18.6. The molecule has 0 saturated carbocycles. The number of piperidine rings is 1. The maximum atomic E-state index is 10.8. The molecule has 2 unspecified atom stereocenters. The molecule has 1 saturated heterocycles. The first-order valence-electron chi connectivity index (χ1n) is 11.9. The van der Waals surface area contributed by atoms with E-state index in [4.69, 9.17) is 0 Å². The van der Waals surface area contributed by atoms with Gasteiger partial charge in [0, 0.05) is 24.7 Å². The van der Waals surface area contributed by atoms with Crippen molar-refractivity contribution < 1.29 is 0 Å². The van der Waals surface area contributed by atoms with E-state index in [0.29, 0.717) is 5.92 Å². The number of nitrogens with one attached hydrogen (secondary N) is 1. The number of fused-ring (bicyclic) bond motifs is 1. The van der Waals surface area contributed by atoms with Crippen molar-refractivity contribution in [1.29, 1.82) is 5.26 Å². The molecule has 2 aliphatic rings. The van der Waals surface area contributed by atoms with Crippen LogP contribution >= 0.6 is 0 Å². The van der Waals surface area contributed by atoms with Gasteiger partial charge in [0.2, 0.25) is 0 Å². The van der Waals surface area contributed by atoms with Crippen LogP contribution < -0.4 is 10.2 Å². The molecule has 0 aromatic heterocycles. The van der Waals surface area contributed by atoms with Gasteiger partial charge in [-0.15, -0.1) is 0 Å². The predicted octanol–water partition coefficient (Wildman–Crippen LogP) is 5.49. The lowest BCUT2D eigenvalue weighted by atomic mass is 9.62. The summed E-state index contributed by atoms with van der Waals surface area (Å²) >= 11 is 0. The largest absolute Gasteiger partial charge is 0.371 e. The second kappa shape index (κ2) is 9.18. The van der Waals surface area contributed by atoms with E-state index in [1.165, 1.54) is 24.1 Å². The molecule has 32 heavy (non-hydrogen) atoms. The molecule has 2 aliphatic heterocycles. The Kier molecular flexibility index (Phi) is 5.97. The van der Waals surface area contributed by atoms with Crippen molar-refractivity contribution in [3.63, 3.8) is 0 Å². The van der Waals surface area contributed by atoms with E-state index in [0.717, 1.165) is 43.7 Å². The number of nitrogens with zero attached hydrogens (tertiary/aromatic N) is 2. The number of benzene rings is 3. The first-order valence-corrected chi connectivity index (χ1v) is 11.9. The van der Waals surface area contributed by atoms with Crippen molar-refractivity contribution in [3.05, 3.63) is 102 Å². The molecular weight excluding hydrogens is 390 g/mol. The summed E-state index contributed by atoms with van der Waals surface area (Å²) in [4.78, 5) is 2.57. The van der Waals surface area contributed by atoms with E-state index in [9.17, 15) is 5.26 Å². The van der Waals surface area contributed by atoms with Crippen LogP contribution in [0.2, 0.25) is 0 Å². The first-order chi connectivity index (χ1) is 15.8. The van der Waals surface area contributed by atoms with Crippen LogP contribution in [0.5, 0.6) is 0 Å². The van der Waals surface area contributed by atoms with E-state index in [2.05, 4.69) is 89.1 Å². The lowest BCUT2D eigenvalue weighted by Crippen LogP contribution is -2.44. The fraction of sp³-hybridized carbons (Fsp3) is 0.345. The van der Waals surface area contributed by atoms with Crippen molar-refractivity contribution in [2.24, 2.45) is 5.92 Å². The molecule has 0 spiro atoms. The van der Waals surface area contributed by atoms with Gasteiger partial charge in [-0.3, -0.25) is 0 Å². The third-order valence-electron chi connectivity index (χ3n) is 7.38. The minimum absolute atomic E-state index is 0.106. The summed E-state index contributed by atoms with van der Waals surface area (Å²) in [6.45, 7) is 4.33. The molecule has 1 fully saturated rings. The molecule has 0 bridgehead atoms. The van der Waals surface area contributed by atoms with Gasteiger partial charge in [-0.2, -0.15) is 5.26 Å². The number of anilines is 1. The molecule has 2 heterocycles. The van der Waals surface area contributed by atoms with Crippen LogP contribution in [0.1, 0.15) is 41.9 Å². The lowest BCUT2D eigenvalue weighted by molar-refractivity contribution is 0.366. The summed E-state index contributed by atoms with van der Waals surface area (Å²) in [5.41, 5.74) is 4.06. The molecule has 1 N–H and O–H groups in total. The monoisotopic (exact) mass is 421 g/mol. The number of para-hydroxylation sites is 1. The van der Waals surface area contributed by atoms with E-state index >= 15 is 0 Å². The van der Waals surface area contributed by atoms with E-state index < -0.39 is 5.41 Å². The number of hydrogen-bond donors (Lipinski definition) is 1. The number of rotatable bonds is 5. The maximum Gasteiger partial charge on any atom is 0.114 e. The summed E-state index contributed by atoms with van der Waals surface area (Å²) in [6, 6.07) is 32.4. The van der Waals surface area contributed by atoms with E-state index in [-0.39, 0.29) is 5.92 Å². The second-order valence-electron chi connectivity index (χ2n) is 9.21. The minimum Gasteiger partial charge on any atom is -0.371 e. The van der Waals surface area contributed by atoms with Crippen LogP contribution in [0.15, 0.2) is 84.9 Å². The highest BCUT2D eigenvalue weighted by Gasteiger charge is 2.46. The van der Waals surface area contributed by atoms with Gasteiger partial charge in [-0.1, -0.05) is 78.9 Å². The Bertz CT molecular complexity index is 1020. The molecule has 0 radical (unpaired) electrons. The van der Waals surface area contributed by atoms with E-state index in [1.54, 1.807) is 0 Å². The summed E-state index contributed by atoms with van der Waals surface area (Å²) in [5.74, 6) is 0.798. The van der Waals surface area contributed by atoms with E-state index in [1.807, 2.05) is 12.1 Å². The van der Waals surface area contributed by atoms with Gasteiger partial charge in [-0.05, 0) is 61.0 Å². The van der Waals surface area contributed by atoms with Crippen LogP contribution in [0.4, 0.5) is 5.69 Å². The van der Waals surface area contributed by atoms with Gasteiger partial charge >= 0.3 is 0 Å². The lowest BCUT2D eigenvalue weighted by Gasteiger charge is -2.44. The molecule has 3 nitrogen and oxygen atoms in total. The summed E-state index contributed by atoms with van der Waals surface area (Å²) in [7, 11) is 0. The molecule has 0 aliphatic carbocycles. The van der Waals surface area contributed by atoms with Crippen molar-refractivity contribution in [1.82, 2.24) is 5.32 Å². The Labute approximate surface area is 191 Å². The quantitative estimate of drug-likeness (QED) is 0.592. The van der Waals surface area contributed by atoms with Crippen molar-refractivity contribution in [2.45, 2.75) is 30.6 Å². The molecule has 2 atom stereocenters. The average Bonchev–Trinajstić information content (AvgIpc) is 2.88. The maximum absolute atomic E-state index is 10.8. The Hall–Kier alpha value is -3.09. The normalized spacial score (nSPS) is 20.9. The van der Waals surface area contributed by atoms with Crippen LogP contribution in [-0.2, 0) is 5.41 Å². The first kappa shape index (κ1) is 20.8. The van der Waals surface area contributed by atoms with Crippen LogP contribution in [0, 0.1) is 17.2 Å². The van der Waals surface area contributed by atoms with Gasteiger partial charge in [0.05, 0.1) is 6.07 Å². The summed E-state index contributed by atoms with van der Waals surface area (Å²) < 4.78 is 0. The topological polar surface area (TPSA) is 39.1 Å². The number of nitriles is 1. The Morgan fingerprint density at radius 1 is 0.875 bits per heavy atom. The van der Waals surface area contributed by atoms with Gasteiger partial charge < -0.3 is 10.2 Å². The standard InChI is InChI=1S/C29H31N3/c30-22-29(24-11-3-1-4-12-24,25-13-5-2-6-14-25)27-17-19-32(21-23-10-9-18-31-20-23)28-16-8-7-15-26(27)28/h1-8,11-16,23,27,31H,9-10,17-21H2. The number of hydrogen-bond acceptors (Lipinski definition) is 3. The molecular formula is C29H31N3. The Morgan fingerprint density at radius 3 is 2.16 bits per heavy atom. The van der Waals surface area contributed by atoms with Gasteiger partial charge in [-0.25, -0.2) is 0 Å². The van der Waals surface area contributed by atoms with Crippen molar-refractivity contribution in [3.8, 4) is 6.07 Å². The van der Waals surface area contributed by atoms with Crippen molar-refractivity contribution >= 4 is 5.69 Å². The SMILES string of the molecule is N#CC(c1ccccc1)(c1ccccc1)C1CCN(CC2CCCNC2)c2ccccc21. The fourth-order valence-corrected chi connectivity index (χ4v) is 5.84. The third kappa shape index (κ3) is 3.70. The zero-order chi connectivity index (χ0) is 21.8. The molecule has 3 aromatic rings. The van der Waals surface area contributed by atoms with Gasteiger partial charge in [0.15, 0.2) is 0 Å². The molecule has 3 heteroatoms. The van der Waals surface area contributed by atoms with Crippen LogP contribution in [0.3, 0.4) is 0 Å². The Morgan fingerprint density at radius 2 is 1.53 bits per heavy atom. The van der Waals surface area contributed by atoms with Crippen LogP contribution in [-0.4, -0.2) is 26.2 Å². The molecule has 3 aromatic carbocycles. The highest BCUT2D eigenvalue weighted by atomic mass is 15.1. The van der Waals surface area contributed by atoms with Gasteiger partial charge in [0.1, 0.15) is 5.41 Å². The third-order valence-corrected chi connectivity index (χ3v) is 7.38. The smallest absolute Gasteiger partial charge is 0.114 e.